The van der Waals surface area contributed by atoms with E-state index in [2.05, 4.69) is 10.5 Å². The van der Waals surface area contributed by atoms with Crippen LogP contribution >= 0.6 is 11.3 Å². The second-order valence-electron chi connectivity index (χ2n) is 5.97. The number of hydrogen-bond donors (Lipinski definition) is 1. The van der Waals surface area contributed by atoms with Crippen molar-refractivity contribution >= 4 is 39.2 Å². The summed E-state index contributed by atoms with van der Waals surface area (Å²) in [6.45, 7) is 1.48. The highest BCUT2D eigenvalue weighted by atomic mass is 32.2. The number of hydrogen-bond acceptors (Lipinski definition) is 5. The highest BCUT2D eigenvalue weighted by Crippen LogP contribution is 2.24. The average Bonchev–Trinajstić information content (AvgIpc) is 3.20. The fourth-order valence-corrected chi connectivity index (χ4v) is 4.54. The predicted octanol–water partition coefficient (Wildman–Crippen LogP) is 3.40. The molecule has 2 aromatic carbocycles. The molecule has 0 aliphatic carbocycles. The monoisotopic (exact) mass is 413 g/mol. The third kappa shape index (κ3) is 4.85. The lowest BCUT2D eigenvalue weighted by atomic mass is 10.2. The highest BCUT2D eigenvalue weighted by molar-refractivity contribution is 7.92. The average molecular weight is 414 g/mol. The second-order valence-corrected chi connectivity index (χ2v) is 8.81. The summed E-state index contributed by atoms with van der Waals surface area (Å²) in [5, 5.41) is 5.80. The first-order valence-electron chi connectivity index (χ1n) is 8.47. The number of amides is 1. The zero-order valence-corrected chi connectivity index (χ0v) is 16.8. The first-order valence-corrected chi connectivity index (χ1v) is 10.8. The van der Waals surface area contributed by atoms with Gasteiger partial charge in [0.2, 0.25) is 0 Å². The van der Waals surface area contributed by atoms with Crippen LogP contribution in [0.1, 0.15) is 10.4 Å². The Kier molecular flexibility index (Phi) is 6.23. The summed E-state index contributed by atoms with van der Waals surface area (Å²) in [4.78, 5) is 13.4. The first-order chi connectivity index (χ1) is 13.5. The van der Waals surface area contributed by atoms with Gasteiger partial charge in [0, 0.05) is 4.88 Å². The first kappa shape index (κ1) is 19.8. The second kappa shape index (κ2) is 8.81. The van der Waals surface area contributed by atoms with E-state index in [0.29, 0.717) is 5.69 Å². The number of nitrogens with zero attached hydrogens (tertiary/aromatic N) is 2. The van der Waals surface area contributed by atoms with Crippen molar-refractivity contribution in [3.05, 3.63) is 82.6 Å². The van der Waals surface area contributed by atoms with Gasteiger partial charge in [0.05, 0.1) is 16.8 Å². The molecule has 0 atom stereocenters. The van der Waals surface area contributed by atoms with Crippen LogP contribution in [0.25, 0.3) is 0 Å². The van der Waals surface area contributed by atoms with Gasteiger partial charge in [0.1, 0.15) is 6.54 Å². The van der Waals surface area contributed by atoms with E-state index >= 15 is 0 Å². The molecule has 1 heterocycles. The van der Waals surface area contributed by atoms with Gasteiger partial charge in [-0.1, -0.05) is 36.4 Å². The summed E-state index contributed by atoms with van der Waals surface area (Å²) in [6, 6.07) is 18.8. The van der Waals surface area contributed by atoms with Crippen molar-refractivity contribution in [2.75, 3.05) is 10.8 Å². The molecule has 0 saturated carbocycles. The number of aryl methyl sites for hydroxylation is 1. The van der Waals surface area contributed by atoms with Crippen LogP contribution in [-0.2, 0) is 14.8 Å². The molecule has 0 saturated heterocycles. The van der Waals surface area contributed by atoms with E-state index in [-0.39, 0.29) is 11.4 Å². The number of rotatable bonds is 7. The molecule has 0 spiro atoms. The van der Waals surface area contributed by atoms with E-state index < -0.39 is 15.9 Å². The van der Waals surface area contributed by atoms with E-state index in [1.54, 1.807) is 36.4 Å². The number of sulfonamides is 1. The summed E-state index contributed by atoms with van der Waals surface area (Å²) in [7, 11) is -3.91. The number of benzene rings is 2. The van der Waals surface area contributed by atoms with Crippen molar-refractivity contribution in [1.29, 1.82) is 0 Å². The molecule has 1 aromatic heterocycles. The largest absolute Gasteiger partial charge is 0.271 e. The molecule has 8 heteroatoms. The molecule has 0 unspecified atom stereocenters. The van der Waals surface area contributed by atoms with Crippen molar-refractivity contribution in [2.45, 2.75) is 11.8 Å². The minimum atomic E-state index is -3.91. The number of carbonyl (C=O) groups is 1. The zero-order chi connectivity index (χ0) is 20.0. The SMILES string of the molecule is Cc1cccc(N(CC(=O)N/N=C\c2cccs2)S(=O)(=O)c2ccccc2)c1. The van der Waals surface area contributed by atoms with Gasteiger partial charge in [-0.25, -0.2) is 13.8 Å². The molecule has 3 aromatic rings. The van der Waals surface area contributed by atoms with Crippen LogP contribution in [0.5, 0.6) is 0 Å². The number of carbonyl (C=O) groups excluding carboxylic acids is 1. The van der Waals surface area contributed by atoms with Gasteiger partial charge in [-0.2, -0.15) is 5.10 Å². The molecule has 3 rings (SSSR count). The maximum absolute atomic E-state index is 13.1. The Morgan fingerprint density at radius 2 is 1.89 bits per heavy atom. The predicted molar refractivity (Wildman–Crippen MR) is 112 cm³/mol. The minimum absolute atomic E-state index is 0.117. The van der Waals surface area contributed by atoms with Gasteiger partial charge in [-0.05, 0) is 48.2 Å². The number of nitrogens with one attached hydrogen (secondary N) is 1. The molecular formula is C20H19N3O3S2. The maximum atomic E-state index is 13.1. The van der Waals surface area contributed by atoms with Gasteiger partial charge < -0.3 is 0 Å². The van der Waals surface area contributed by atoms with Gasteiger partial charge in [0.25, 0.3) is 15.9 Å². The summed E-state index contributed by atoms with van der Waals surface area (Å²) in [6.07, 6.45) is 1.52. The van der Waals surface area contributed by atoms with Crippen molar-refractivity contribution in [3.63, 3.8) is 0 Å². The van der Waals surface area contributed by atoms with E-state index in [4.69, 9.17) is 0 Å². The Labute approximate surface area is 168 Å². The molecule has 0 aliphatic heterocycles. The van der Waals surface area contributed by atoms with Gasteiger partial charge in [-0.15, -0.1) is 11.3 Å². The summed E-state index contributed by atoms with van der Waals surface area (Å²) < 4.78 is 27.4. The van der Waals surface area contributed by atoms with Crippen LogP contribution in [0.4, 0.5) is 5.69 Å². The van der Waals surface area contributed by atoms with Crippen molar-refractivity contribution in [2.24, 2.45) is 5.10 Å². The molecule has 0 fully saturated rings. The van der Waals surface area contributed by atoms with Crippen LogP contribution in [-0.4, -0.2) is 27.1 Å². The lowest BCUT2D eigenvalue weighted by Crippen LogP contribution is -2.39. The van der Waals surface area contributed by atoms with E-state index in [0.717, 1.165) is 14.7 Å². The van der Waals surface area contributed by atoms with Gasteiger partial charge in [0.15, 0.2) is 0 Å². The topological polar surface area (TPSA) is 78.8 Å². The zero-order valence-electron chi connectivity index (χ0n) is 15.1. The van der Waals surface area contributed by atoms with Crippen LogP contribution in [0.3, 0.4) is 0 Å². The molecular weight excluding hydrogens is 394 g/mol. The highest BCUT2D eigenvalue weighted by Gasteiger charge is 2.27. The summed E-state index contributed by atoms with van der Waals surface area (Å²) in [5.74, 6) is -0.534. The van der Waals surface area contributed by atoms with Crippen LogP contribution in [0.2, 0.25) is 0 Å². The molecule has 1 N–H and O–H groups in total. The van der Waals surface area contributed by atoms with E-state index in [1.165, 1.54) is 29.7 Å². The Balaban J connectivity index is 1.85. The summed E-state index contributed by atoms with van der Waals surface area (Å²) >= 11 is 1.48. The smallest absolute Gasteiger partial charge is 0.264 e. The van der Waals surface area contributed by atoms with Crippen molar-refractivity contribution in [3.8, 4) is 0 Å². The fourth-order valence-electron chi connectivity index (χ4n) is 2.52. The molecule has 0 radical (unpaired) electrons. The molecule has 28 heavy (non-hydrogen) atoms. The Morgan fingerprint density at radius 3 is 2.57 bits per heavy atom. The normalized spacial score (nSPS) is 11.5. The summed E-state index contributed by atoms with van der Waals surface area (Å²) in [5.41, 5.74) is 3.70. The fraction of sp³-hybridized carbons (Fsp3) is 0.100. The quantitative estimate of drug-likeness (QED) is 0.476. The van der Waals surface area contributed by atoms with Crippen LogP contribution < -0.4 is 9.73 Å². The number of thiophene rings is 1. The van der Waals surface area contributed by atoms with E-state index in [9.17, 15) is 13.2 Å². The molecule has 0 bridgehead atoms. The lowest BCUT2D eigenvalue weighted by Gasteiger charge is -2.24. The standard InChI is InChI=1S/C20H19N3O3S2/c1-16-7-5-8-17(13-16)23(28(25,26)19-10-3-2-4-11-19)15-20(24)22-21-14-18-9-6-12-27-18/h2-14H,15H2,1H3,(H,22,24)/b21-14-. The minimum Gasteiger partial charge on any atom is -0.271 e. The van der Waals surface area contributed by atoms with Crippen LogP contribution in [0, 0.1) is 6.92 Å². The molecule has 0 aliphatic rings. The molecule has 144 valence electrons. The Morgan fingerprint density at radius 1 is 1.11 bits per heavy atom. The van der Waals surface area contributed by atoms with Crippen molar-refractivity contribution in [1.82, 2.24) is 5.43 Å². The molecule has 1 amide bonds. The van der Waals surface area contributed by atoms with Gasteiger partial charge in [-0.3, -0.25) is 9.10 Å². The van der Waals surface area contributed by atoms with Crippen molar-refractivity contribution < 1.29 is 13.2 Å². The third-order valence-electron chi connectivity index (χ3n) is 3.83. The maximum Gasteiger partial charge on any atom is 0.264 e. The van der Waals surface area contributed by atoms with E-state index in [1.807, 2.05) is 30.5 Å². The van der Waals surface area contributed by atoms with Crippen LogP contribution in [0.15, 0.2) is 82.1 Å². The van der Waals surface area contributed by atoms with Gasteiger partial charge >= 0.3 is 0 Å². The Bertz CT molecular complexity index is 1060. The lowest BCUT2D eigenvalue weighted by molar-refractivity contribution is -0.119. The number of anilines is 1. The Hall–Kier alpha value is -2.97. The number of hydrazone groups is 1. The molecule has 6 nitrogen and oxygen atoms in total. The third-order valence-corrected chi connectivity index (χ3v) is 6.43.